The van der Waals surface area contributed by atoms with Gasteiger partial charge in [-0.15, -0.1) is 11.3 Å². The maximum atomic E-state index is 12.8. The number of carbonyl (C=O) groups is 1. The van der Waals surface area contributed by atoms with Gasteiger partial charge in [-0.3, -0.25) is 4.79 Å². The van der Waals surface area contributed by atoms with Crippen molar-refractivity contribution in [2.24, 2.45) is 0 Å². The highest BCUT2D eigenvalue weighted by atomic mass is 32.2. The Kier molecular flexibility index (Phi) is 5.76. The summed E-state index contributed by atoms with van der Waals surface area (Å²) in [6.07, 6.45) is 0.0371. The van der Waals surface area contributed by atoms with Crippen LogP contribution in [0, 0.1) is 0 Å². The highest BCUT2D eigenvalue weighted by molar-refractivity contribution is 7.89. The molecule has 0 unspecified atom stereocenters. The van der Waals surface area contributed by atoms with Gasteiger partial charge in [0.05, 0.1) is 23.5 Å². The van der Waals surface area contributed by atoms with E-state index in [-0.39, 0.29) is 23.0 Å². The van der Waals surface area contributed by atoms with Crippen LogP contribution in [0.1, 0.15) is 18.7 Å². The number of anilines is 1. The van der Waals surface area contributed by atoms with Crippen molar-refractivity contribution in [3.8, 4) is 0 Å². The maximum absolute atomic E-state index is 12.8. The first-order chi connectivity index (χ1) is 12.3. The molecule has 1 fully saturated rings. The molecule has 8 heteroatoms. The summed E-state index contributed by atoms with van der Waals surface area (Å²) in [6, 6.07) is 10.1. The van der Waals surface area contributed by atoms with Crippen molar-refractivity contribution in [2.75, 3.05) is 18.4 Å². The van der Waals surface area contributed by atoms with Gasteiger partial charge in [-0.1, -0.05) is 6.07 Å². The Balaban J connectivity index is 1.67. The van der Waals surface area contributed by atoms with Gasteiger partial charge in [0.25, 0.3) is 0 Å². The summed E-state index contributed by atoms with van der Waals surface area (Å²) >= 11 is 1.53. The molecule has 1 aliphatic heterocycles. The molecule has 6 nitrogen and oxygen atoms in total. The van der Waals surface area contributed by atoms with Crippen molar-refractivity contribution in [1.82, 2.24) is 4.31 Å². The predicted octanol–water partition coefficient (Wildman–Crippen LogP) is 2.73. The van der Waals surface area contributed by atoms with Crippen LogP contribution in [0.2, 0.25) is 0 Å². The first-order valence-corrected chi connectivity index (χ1v) is 10.7. The third-order valence-electron chi connectivity index (χ3n) is 4.08. The van der Waals surface area contributed by atoms with Crippen LogP contribution in [-0.2, 0) is 26.0 Å². The number of nitrogens with one attached hydrogen (secondary N) is 1. The highest BCUT2D eigenvalue weighted by Crippen LogP contribution is 2.22. The van der Waals surface area contributed by atoms with Crippen LogP contribution in [0.4, 0.5) is 5.69 Å². The summed E-state index contributed by atoms with van der Waals surface area (Å²) in [5.41, 5.74) is 0.578. The number of amides is 1. The molecule has 2 heterocycles. The average molecular weight is 395 g/mol. The number of sulfonamides is 1. The Morgan fingerprint density at radius 2 is 1.85 bits per heavy atom. The number of hydrogen-bond donors (Lipinski definition) is 1. The second-order valence-corrected chi connectivity index (χ2v) is 9.38. The summed E-state index contributed by atoms with van der Waals surface area (Å²) < 4.78 is 32.7. The monoisotopic (exact) mass is 394 g/mol. The normalized spacial score (nSPS) is 21.5. The SMILES string of the molecule is C[C@@H]1CN(S(=O)(=O)c2ccc(NC(=O)Cc3cccs3)cc2)C[C@H](C)O1. The van der Waals surface area contributed by atoms with E-state index >= 15 is 0 Å². The van der Waals surface area contributed by atoms with Crippen molar-refractivity contribution in [2.45, 2.75) is 37.4 Å². The number of rotatable bonds is 5. The first-order valence-electron chi connectivity index (χ1n) is 8.42. The van der Waals surface area contributed by atoms with Crippen LogP contribution in [0.5, 0.6) is 0 Å². The molecule has 1 aliphatic rings. The fourth-order valence-corrected chi connectivity index (χ4v) is 5.26. The van der Waals surface area contributed by atoms with E-state index in [2.05, 4.69) is 5.32 Å². The number of carbonyl (C=O) groups excluding carboxylic acids is 1. The minimum Gasteiger partial charge on any atom is -0.373 e. The van der Waals surface area contributed by atoms with E-state index in [9.17, 15) is 13.2 Å². The van der Waals surface area contributed by atoms with Crippen molar-refractivity contribution >= 4 is 33.0 Å². The quantitative estimate of drug-likeness (QED) is 0.846. The largest absolute Gasteiger partial charge is 0.373 e. The van der Waals surface area contributed by atoms with Crippen molar-refractivity contribution in [1.29, 1.82) is 0 Å². The van der Waals surface area contributed by atoms with E-state index in [4.69, 9.17) is 4.74 Å². The van der Waals surface area contributed by atoms with E-state index in [1.54, 1.807) is 12.1 Å². The van der Waals surface area contributed by atoms with Gasteiger partial charge in [0.15, 0.2) is 0 Å². The van der Waals surface area contributed by atoms with Crippen LogP contribution in [0.15, 0.2) is 46.7 Å². The lowest BCUT2D eigenvalue weighted by atomic mass is 10.3. The molecule has 0 bridgehead atoms. The Labute approximate surface area is 157 Å². The molecule has 0 saturated carbocycles. The van der Waals surface area contributed by atoms with Crippen LogP contribution < -0.4 is 5.32 Å². The van der Waals surface area contributed by atoms with Gasteiger partial charge in [0.2, 0.25) is 15.9 Å². The molecule has 1 amide bonds. The third kappa shape index (κ3) is 4.50. The van der Waals surface area contributed by atoms with Crippen molar-refractivity contribution in [3.63, 3.8) is 0 Å². The van der Waals surface area contributed by atoms with Crippen LogP contribution in [0.3, 0.4) is 0 Å². The van der Waals surface area contributed by atoms with E-state index in [0.717, 1.165) is 4.88 Å². The van der Waals surface area contributed by atoms with Gasteiger partial charge in [-0.2, -0.15) is 4.31 Å². The molecule has 140 valence electrons. The van der Waals surface area contributed by atoms with E-state index in [0.29, 0.717) is 25.2 Å². The van der Waals surface area contributed by atoms with Crippen molar-refractivity contribution in [3.05, 3.63) is 46.7 Å². The lowest BCUT2D eigenvalue weighted by Crippen LogP contribution is -2.48. The molecular weight excluding hydrogens is 372 g/mol. The maximum Gasteiger partial charge on any atom is 0.243 e. The number of hydrogen-bond acceptors (Lipinski definition) is 5. The fraction of sp³-hybridized carbons (Fsp3) is 0.389. The molecule has 0 radical (unpaired) electrons. The summed E-state index contributed by atoms with van der Waals surface area (Å²) in [5.74, 6) is -0.126. The second-order valence-electron chi connectivity index (χ2n) is 6.41. The molecule has 2 aromatic rings. The van der Waals surface area contributed by atoms with Gasteiger partial charge < -0.3 is 10.1 Å². The number of thiophene rings is 1. The van der Waals surface area contributed by atoms with E-state index in [1.165, 1.54) is 27.8 Å². The van der Waals surface area contributed by atoms with E-state index < -0.39 is 10.0 Å². The molecule has 1 aromatic carbocycles. The van der Waals surface area contributed by atoms with Gasteiger partial charge in [0, 0.05) is 23.7 Å². The zero-order valence-corrected chi connectivity index (χ0v) is 16.3. The van der Waals surface area contributed by atoms with Gasteiger partial charge in [-0.05, 0) is 49.6 Å². The molecular formula is C18H22N2O4S2. The van der Waals surface area contributed by atoms with Gasteiger partial charge in [0.1, 0.15) is 0 Å². The summed E-state index contributed by atoms with van der Waals surface area (Å²) in [4.78, 5) is 13.2. The lowest BCUT2D eigenvalue weighted by molar-refractivity contribution is -0.115. The van der Waals surface area contributed by atoms with Gasteiger partial charge in [-0.25, -0.2) is 8.42 Å². The molecule has 3 rings (SSSR count). The predicted molar refractivity (Wildman–Crippen MR) is 102 cm³/mol. The Morgan fingerprint density at radius 1 is 1.19 bits per heavy atom. The fourth-order valence-electron chi connectivity index (χ4n) is 2.96. The molecule has 1 N–H and O–H groups in total. The average Bonchev–Trinajstić information content (AvgIpc) is 3.07. The Bertz CT molecular complexity index is 838. The zero-order valence-electron chi connectivity index (χ0n) is 14.7. The molecule has 0 aliphatic carbocycles. The molecule has 1 saturated heterocycles. The minimum absolute atomic E-state index is 0.126. The Hall–Kier alpha value is -1.74. The minimum atomic E-state index is -3.57. The number of morpholine rings is 1. The standard InChI is InChI=1S/C18H22N2O4S2/c1-13-11-20(12-14(2)24-13)26(22,23)17-7-5-15(6-8-17)19-18(21)10-16-4-3-9-25-16/h3-9,13-14H,10-12H2,1-2H3,(H,19,21)/t13-,14+. The molecule has 26 heavy (non-hydrogen) atoms. The summed E-state index contributed by atoms with van der Waals surface area (Å²) in [6.45, 7) is 4.41. The number of ether oxygens (including phenoxy) is 1. The lowest BCUT2D eigenvalue weighted by Gasteiger charge is -2.34. The first kappa shape index (κ1) is 19.0. The number of nitrogens with zero attached hydrogens (tertiary/aromatic N) is 1. The van der Waals surface area contributed by atoms with Gasteiger partial charge >= 0.3 is 0 Å². The highest BCUT2D eigenvalue weighted by Gasteiger charge is 2.32. The smallest absolute Gasteiger partial charge is 0.243 e. The van der Waals surface area contributed by atoms with Crippen molar-refractivity contribution < 1.29 is 17.9 Å². The summed E-state index contributed by atoms with van der Waals surface area (Å²) in [5, 5.41) is 4.72. The topological polar surface area (TPSA) is 75.7 Å². The van der Waals surface area contributed by atoms with E-state index in [1.807, 2.05) is 31.4 Å². The Morgan fingerprint density at radius 3 is 2.42 bits per heavy atom. The molecule has 1 aromatic heterocycles. The second kappa shape index (κ2) is 7.87. The summed E-state index contributed by atoms with van der Waals surface area (Å²) in [7, 11) is -3.57. The van der Waals surface area contributed by atoms with Crippen LogP contribution in [0.25, 0.3) is 0 Å². The van der Waals surface area contributed by atoms with Crippen LogP contribution in [-0.4, -0.2) is 43.9 Å². The van der Waals surface area contributed by atoms with Crippen LogP contribution >= 0.6 is 11.3 Å². The third-order valence-corrected chi connectivity index (χ3v) is 6.80. The molecule has 0 spiro atoms. The molecule has 2 atom stereocenters. The zero-order chi connectivity index (χ0) is 18.7. The number of benzene rings is 1.